The molecule has 5 nitrogen and oxygen atoms in total. The SMILES string of the molecule is CCOc1cccc(-n2cc(C(=O)O)c(C(F)(F)F)n2)c1. The molecule has 1 heterocycles. The maximum atomic E-state index is 12.8. The second kappa shape index (κ2) is 5.47. The van der Waals surface area contributed by atoms with Crippen LogP contribution in [0.1, 0.15) is 23.0 Å². The van der Waals surface area contributed by atoms with Crippen molar-refractivity contribution in [3.63, 3.8) is 0 Å². The van der Waals surface area contributed by atoms with Crippen LogP contribution in [-0.2, 0) is 6.18 Å². The van der Waals surface area contributed by atoms with E-state index in [9.17, 15) is 18.0 Å². The molecule has 1 aromatic carbocycles. The average molecular weight is 300 g/mol. The molecule has 0 unspecified atom stereocenters. The van der Waals surface area contributed by atoms with Gasteiger partial charge in [-0.25, -0.2) is 9.48 Å². The minimum Gasteiger partial charge on any atom is -0.494 e. The van der Waals surface area contributed by atoms with Crippen LogP contribution < -0.4 is 4.74 Å². The third-order valence-electron chi connectivity index (χ3n) is 2.61. The molecule has 1 aromatic heterocycles. The Morgan fingerprint density at radius 3 is 2.67 bits per heavy atom. The molecule has 0 atom stereocenters. The molecule has 0 amide bonds. The van der Waals surface area contributed by atoms with Gasteiger partial charge in [-0.15, -0.1) is 0 Å². The Morgan fingerprint density at radius 1 is 1.43 bits per heavy atom. The third kappa shape index (κ3) is 3.15. The van der Waals surface area contributed by atoms with Gasteiger partial charge >= 0.3 is 12.1 Å². The zero-order chi connectivity index (χ0) is 15.6. The summed E-state index contributed by atoms with van der Waals surface area (Å²) in [5, 5.41) is 12.2. The molecule has 2 rings (SSSR count). The van der Waals surface area contributed by atoms with Crippen molar-refractivity contribution in [2.24, 2.45) is 0 Å². The van der Waals surface area contributed by atoms with Gasteiger partial charge in [-0.05, 0) is 19.1 Å². The number of carbonyl (C=O) groups is 1. The molecular weight excluding hydrogens is 289 g/mol. The van der Waals surface area contributed by atoms with Gasteiger partial charge in [0.2, 0.25) is 0 Å². The van der Waals surface area contributed by atoms with E-state index in [0.717, 1.165) is 10.9 Å². The first-order valence-electron chi connectivity index (χ1n) is 5.96. The van der Waals surface area contributed by atoms with Crippen LogP contribution >= 0.6 is 0 Å². The molecule has 0 saturated carbocycles. The Labute approximate surface area is 117 Å². The van der Waals surface area contributed by atoms with E-state index in [1.807, 2.05) is 0 Å². The summed E-state index contributed by atoms with van der Waals surface area (Å²) in [4.78, 5) is 10.9. The summed E-state index contributed by atoms with van der Waals surface area (Å²) in [6, 6.07) is 6.19. The Kier molecular flexibility index (Phi) is 3.88. The van der Waals surface area contributed by atoms with Crippen LogP contribution in [0.25, 0.3) is 5.69 Å². The summed E-state index contributed by atoms with van der Waals surface area (Å²) in [5.74, 6) is -1.23. The lowest BCUT2D eigenvalue weighted by molar-refractivity contribution is -0.141. The van der Waals surface area contributed by atoms with E-state index in [1.54, 1.807) is 19.1 Å². The van der Waals surface area contributed by atoms with Crippen LogP contribution in [0.5, 0.6) is 5.75 Å². The summed E-state index contributed by atoms with van der Waals surface area (Å²) < 4.78 is 44.4. The van der Waals surface area contributed by atoms with Crippen molar-refractivity contribution < 1.29 is 27.8 Å². The summed E-state index contributed by atoms with van der Waals surface area (Å²) in [5.41, 5.74) is -2.06. The molecule has 0 aliphatic carbocycles. The number of aromatic carboxylic acids is 1. The van der Waals surface area contributed by atoms with Crippen LogP contribution in [0.15, 0.2) is 30.5 Å². The van der Waals surface area contributed by atoms with Crippen LogP contribution in [-0.4, -0.2) is 27.5 Å². The van der Waals surface area contributed by atoms with E-state index >= 15 is 0 Å². The number of alkyl halides is 3. The second-order valence-electron chi connectivity index (χ2n) is 4.07. The van der Waals surface area contributed by atoms with Crippen LogP contribution in [0.4, 0.5) is 13.2 Å². The quantitative estimate of drug-likeness (QED) is 0.942. The normalized spacial score (nSPS) is 11.4. The Hall–Kier alpha value is -2.51. The third-order valence-corrected chi connectivity index (χ3v) is 2.61. The second-order valence-corrected chi connectivity index (χ2v) is 4.07. The highest BCUT2D eigenvalue weighted by Crippen LogP contribution is 2.31. The summed E-state index contributed by atoms with van der Waals surface area (Å²) in [7, 11) is 0. The number of nitrogens with zero attached hydrogens (tertiary/aromatic N) is 2. The Morgan fingerprint density at radius 2 is 2.14 bits per heavy atom. The van der Waals surface area contributed by atoms with Crippen LogP contribution in [0.3, 0.4) is 0 Å². The zero-order valence-corrected chi connectivity index (χ0v) is 10.9. The van der Waals surface area contributed by atoms with Gasteiger partial charge in [-0.3, -0.25) is 0 Å². The van der Waals surface area contributed by atoms with Crippen LogP contribution in [0, 0.1) is 0 Å². The predicted molar refractivity (Wildman–Crippen MR) is 66.7 cm³/mol. The number of benzene rings is 1. The number of hydrogen-bond acceptors (Lipinski definition) is 3. The van der Waals surface area contributed by atoms with E-state index < -0.39 is 23.4 Å². The summed E-state index contributed by atoms with van der Waals surface area (Å²) in [6.45, 7) is 2.17. The lowest BCUT2D eigenvalue weighted by atomic mass is 10.2. The first-order valence-corrected chi connectivity index (χ1v) is 5.96. The number of carboxylic acid groups (broad SMARTS) is 1. The fourth-order valence-electron chi connectivity index (χ4n) is 1.75. The van der Waals surface area contributed by atoms with Gasteiger partial charge in [0.25, 0.3) is 0 Å². The monoisotopic (exact) mass is 300 g/mol. The maximum absolute atomic E-state index is 12.8. The maximum Gasteiger partial charge on any atom is 0.436 e. The first kappa shape index (κ1) is 14.9. The van der Waals surface area contributed by atoms with Crippen LogP contribution in [0.2, 0.25) is 0 Å². The highest BCUT2D eigenvalue weighted by molar-refractivity contribution is 5.89. The molecule has 0 radical (unpaired) electrons. The molecule has 0 aliphatic heterocycles. The van der Waals surface area contributed by atoms with Crippen molar-refractivity contribution >= 4 is 5.97 Å². The Bertz CT molecular complexity index is 665. The minimum absolute atomic E-state index is 0.277. The number of carboxylic acids is 1. The van der Waals surface area contributed by atoms with Crippen molar-refractivity contribution in [2.45, 2.75) is 13.1 Å². The van der Waals surface area contributed by atoms with Crippen molar-refractivity contribution in [3.05, 3.63) is 41.7 Å². The smallest absolute Gasteiger partial charge is 0.436 e. The van der Waals surface area contributed by atoms with Crippen molar-refractivity contribution in [3.8, 4) is 11.4 Å². The fraction of sp³-hybridized carbons (Fsp3) is 0.231. The van der Waals surface area contributed by atoms with Crippen molar-refractivity contribution in [1.29, 1.82) is 0 Å². The van der Waals surface area contributed by atoms with E-state index in [2.05, 4.69) is 5.10 Å². The number of hydrogen-bond donors (Lipinski definition) is 1. The molecule has 0 spiro atoms. The number of ether oxygens (including phenoxy) is 1. The molecule has 1 N–H and O–H groups in total. The van der Waals surface area contributed by atoms with Gasteiger partial charge in [-0.1, -0.05) is 6.07 Å². The van der Waals surface area contributed by atoms with Gasteiger partial charge in [0, 0.05) is 12.3 Å². The summed E-state index contributed by atoms with van der Waals surface area (Å²) in [6.07, 6.45) is -4.01. The largest absolute Gasteiger partial charge is 0.494 e. The molecule has 112 valence electrons. The zero-order valence-electron chi connectivity index (χ0n) is 10.9. The molecule has 21 heavy (non-hydrogen) atoms. The number of rotatable bonds is 4. The van der Waals surface area contributed by atoms with E-state index in [1.165, 1.54) is 12.1 Å². The van der Waals surface area contributed by atoms with Gasteiger partial charge in [0.1, 0.15) is 11.3 Å². The molecular formula is C13H11F3N2O3. The van der Waals surface area contributed by atoms with Crippen molar-refractivity contribution in [2.75, 3.05) is 6.61 Å². The van der Waals surface area contributed by atoms with E-state index in [-0.39, 0.29) is 5.69 Å². The molecule has 0 fully saturated rings. The molecule has 0 bridgehead atoms. The summed E-state index contributed by atoms with van der Waals surface area (Å²) >= 11 is 0. The van der Waals surface area contributed by atoms with Gasteiger partial charge < -0.3 is 9.84 Å². The lowest BCUT2D eigenvalue weighted by Gasteiger charge is -2.06. The predicted octanol–water partition coefficient (Wildman–Crippen LogP) is 2.99. The van der Waals surface area contributed by atoms with Crippen molar-refractivity contribution in [1.82, 2.24) is 9.78 Å². The van der Waals surface area contributed by atoms with E-state index in [0.29, 0.717) is 12.4 Å². The highest BCUT2D eigenvalue weighted by Gasteiger charge is 2.39. The Balaban J connectivity index is 2.50. The van der Waals surface area contributed by atoms with Gasteiger partial charge in [0.05, 0.1) is 12.3 Å². The molecule has 8 heteroatoms. The number of halogens is 3. The average Bonchev–Trinajstić information content (AvgIpc) is 2.84. The molecule has 0 saturated heterocycles. The van der Waals surface area contributed by atoms with Gasteiger partial charge in [-0.2, -0.15) is 18.3 Å². The standard InChI is InChI=1S/C13H11F3N2O3/c1-2-21-9-5-3-4-8(6-9)18-7-10(12(19)20)11(17-18)13(14,15)16/h3-7H,2H2,1H3,(H,19,20). The van der Waals surface area contributed by atoms with E-state index in [4.69, 9.17) is 9.84 Å². The topological polar surface area (TPSA) is 64.3 Å². The molecule has 0 aliphatic rings. The lowest BCUT2D eigenvalue weighted by Crippen LogP contribution is -2.12. The highest BCUT2D eigenvalue weighted by atomic mass is 19.4. The van der Waals surface area contributed by atoms with Gasteiger partial charge in [0.15, 0.2) is 5.69 Å². The molecule has 2 aromatic rings. The minimum atomic E-state index is -4.84. The first-order chi connectivity index (χ1) is 9.82. The fourth-order valence-corrected chi connectivity index (χ4v) is 1.75. The number of aromatic nitrogens is 2.